The van der Waals surface area contributed by atoms with Gasteiger partial charge in [-0.25, -0.2) is 0 Å². The molecule has 0 aliphatic heterocycles. The largest absolute Gasteiger partial charge is 0.495 e. The number of aliphatic hydroxyl groups is 1. The Morgan fingerprint density at radius 1 is 1.31 bits per heavy atom. The van der Waals surface area contributed by atoms with E-state index in [1.807, 2.05) is 13.0 Å². The van der Waals surface area contributed by atoms with Crippen LogP contribution in [0.25, 0.3) is 0 Å². The fourth-order valence-corrected chi connectivity index (χ4v) is 2.50. The van der Waals surface area contributed by atoms with E-state index >= 15 is 0 Å². The zero-order valence-electron chi connectivity index (χ0n) is 10.0. The second-order valence-corrected chi connectivity index (χ2v) is 4.33. The zero-order valence-corrected chi connectivity index (χ0v) is 11.6. The third-order valence-electron chi connectivity index (χ3n) is 2.52. The molecule has 1 atom stereocenters. The molecule has 0 fully saturated rings. The van der Waals surface area contributed by atoms with Crippen LogP contribution in [0.3, 0.4) is 0 Å². The standard InChI is InChI=1S/C12H17BrO3/c1-5-8-6-9(7(2)14)12(16-4)10(13)11(8)15-3/h6-7,14H,5H2,1-4H3. The van der Waals surface area contributed by atoms with E-state index in [1.165, 1.54) is 0 Å². The van der Waals surface area contributed by atoms with Gasteiger partial charge in [-0.15, -0.1) is 0 Å². The molecular formula is C12H17BrO3. The zero-order chi connectivity index (χ0) is 12.3. The first kappa shape index (κ1) is 13.3. The van der Waals surface area contributed by atoms with E-state index in [4.69, 9.17) is 9.47 Å². The number of benzene rings is 1. The number of ether oxygens (including phenoxy) is 2. The lowest BCUT2D eigenvalue weighted by molar-refractivity contribution is 0.193. The quantitative estimate of drug-likeness (QED) is 0.925. The summed E-state index contributed by atoms with van der Waals surface area (Å²) >= 11 is 3.45. The molecule has 0 saturated heterocycles. The maximum Gasteiger partial charge on any atom is 0.142 e. The molecule has 1 aromatic rings. The van der Waals surface area contributed by atoms with Crippen molar-refractivity contribution in [2.24, 2.45) is 0 Å². The molecule has 3 nitrogen and oxygen atoms in total. The Hall–Kier alpha value is -0.740. The minimum Gasteiger partial charge on any atom is -0.495 e. The van der Waals surface area contributed by atoms with E-state index in [0.717, 1.165) is 27.8 Å². The molecule has 0 radical (unpaired) electrons. The number of hydrogen-bond donors (Lipinski definition) is 1. The first-order chi connectivity index (χ1) is 7.56. The lowest BCUT2D eigenvalue weighted by Crippen LogP contribution is -2.02. The van der Waals surface area contributed by atoms with Gasteiger partial charge in [0, 0.05) is 5.56 Å². The molecule has 1 rings (SSSR count). The number of halogens is 1. The third-order valence-corrected chi connectivity index (χ3v) is 3.24. The van der Waals surface area contributed by atoms with E-state index in [1.54, 1.807) is 21.1 Å². The van der Waals surface area contributed by atoms with Crippen LogP contribution in [0, 0.1) is 0 Å². The monoisotopic (exact) mass is 288 g/mol. The molecule has 4 heteroatoms. The Labute approximate surface area is 105 Å². The topological polar surface area (TPSA) is 38.7 Å². The summed E-state index contributed by atoms with van der Waals surface area (Å²) in [4.78, 5) is 0. The Bertz CT molecular complexity index is 375. The van der Waals surface area contributed by atoms with Crippen molar-refractivity contribution in [1.29, 1.82) is 0 Å². The second kappa shape index (κ2) is 5.55. The van der Waals surface area contributed by atoms with Crippen LogP contribution in [0.4, 0.5) is 0 Å². The van der Waals surface area contributed by atoms with Crippen molar-refractivity contribution in [2.45, 2.75) is 26.4 Å². The van der Waals surface area contributed by atoms with Crippen LogP contribution in [-0.4, -0.2) is 19.3 Å². The van der Waals surface area contributed by atoms with E-state index in [2.05, 4.69) is 15.9 Å². The number of methoxy groups -OCH3 is 2. The van der Waals surface area contributed by atoms with Crippen molar-refractivity contribution in [3.63, 3.8) is 0 Å². The van der Waals surface area contributed by atoms with Gasteiger partial charge >= 0.3 is 0 Å². The molecule has 0 amide bonds. The third kappa shape index (κ3) is 2.33. The average Bonchev–Trinajstić information content (AvgIpc) is 2.27. The molecule has 0 aromatic heterocycles. The summed E-state index contributed by atoms with van der Waals surface area (Å²) < 4.78 is 11.4. The predicted octanol–water partition coefficient (Wildman–Crippen LogP) is 3.08. The first-order valence-electron chi connectivity index (χ1n) is 5.18. The maximum absolute atomic E-state index is 9.70. The van der Waals surface area contributed by atoms with Crippen LogP contribution in [0.15, 0.2) is 10.5 Å². The Kier molecular flexibility index (Phi) is 4.62. The highest BCUT2D eigenvalue weighted by molar-refractivity contribution is 9.10. The Morgan fingerprint density at radius 3 is 2.25 bits per heavy atom. The molecule has 0 saturated carbocycles. The molecule has 90 valence electrons. The molecule has 1 aromatic carbocycles. The van der Waals surface area contributed by atoms with E-state index in [-0.39, 0.29) is 0 Å². The van der Waals surface area contributed by atoms with Gasteiger partial charge in [-0.2, -0.15) is 0 Å². The van der Waals surface area contributed by atoms with Crippen molar-refractivity contribution in [3.05, 3.63) is 21.7 Å². The van der Waals surface area contributed by atoms with Crippen molar-refractivity contribution >= 4 is 15.9 Å². The highest BCUT2D eigenvalue weighted by Crippen LogP contribution is 2.42. The summed E-state index contributed by atoms with van der Waals surface area (Å²) in [5.74, 6) is 1.40. The Morgan fingerprint density at radius 2 is 1.88 bits per heavy atom. The van der Waals surface area contributed by atoms with Gasteiger partial charge in [0.25, 0.3) is 0 Å². The molecule has 0 aliphatic carbocycles. The fraction of sp³-hybridized carbons (Fsp3) is 0.500. The molecule has 16 heavy (non-hydrogen) atoms. The summed E-state index contributed by atoms with van der Waals surface area (Å²) in [7, 11) is 3.21. The van der Waals surface area contributed by atoms with Crippen LogP contribution in [-0.2, 0) is 6.42 Å². The number of rotatable bonds is 4. The molecular weight excluding hydrogens is 272 g/mol. The predicted molar refractivity (Wildman–Crippen MR) is 67.3 cm³/mol. The minimum absolute atomic E-state index is 0.567. The van der Waals surface area contributed by atoms with Crippen molar-refractivity contribution in [2.75, 3.05) is 14.2 Å². The summed E-state index contributed by atoms with van der Waals surface area (Å²) in [6, 6.07) is 1.92. The molecule has 0 bridgehead atoms. The molecule has 0 aliphatic rings. The summed E-state index contributed by atoms with van der Waals surface area (Å²) in [6.45, 7) is 3.76. The smallest absolute Gasteiger partial charge is 0.142 e. The van der Waals surface area contributed by atoms with Crippen LogP contribution >= 0.6 is 15.9 Å². The fourth-order valence-electron chi connectivity index (χ4n) is 1.69. The van der Waals surface area contributed by atoms with Gasteiger partial charge in [0.05, 0.1) is 20.3 Å². The highest BCUT2D eigenvalue weighted by atomic mass is 79.9. The van der Waals surface area contributed by atoms with Gasteiger partial charge in [-0.3, -0.25) is 0 Å². The van der Waals surface area contributed by atoms with Crippen molar-refractivity contribution < 1.29 is 14.6 Å². The number of aryl methyl sites for hydroxylation is 1. The van der Waals surface area contributed by atoms with Crippen LogP contribution in [0.2, 0.25) is 0 Å². The highest BCUT2D eigenvalue weighted by Gasteiger charge is 2.19. The van der Waals surface area contributed by atoms with Gasteiger partial charge < -0.3 is 14.6 Å². The van der Waals surface area contributed by atoms with Gasteiger partial charge in [0.2, 0.25) is 0 Å². The van der Waals surface area contributed by atoms with E-state index < -0.39 is 6.10 Å². The van der Waals surface area contributed by atoms with Crippen LogP contribution < -0.4 is 9.47 Å². The second-order valence-electron chi connectivity index (χ2n) is 3.53. The number of hydrogen-bond acceptors (Lipinski definition) is 3. The van der Waals surface area contributed by atoms with Crippen molar-refractivity contribution in [1.82, 2.24) is 0 Å². The average molecular weight is 289 g/mol. The van der Waals surface area contributed by atoms with E-state index in [0.29, 0.717) is 5.75 Å². The lowest BCUT2D eigenvalue weighted by Gasteiger charge is -2.18. The van der Waals surface area contributed by atoms with Crippen molar-refractivity contribution in [3.8, 4) is 11.5 Å². The normalized spacial score (nSPS) is 12.4. The van der Waals surface area contributed by atoms with Gasteiger partial charge in [0.15, 0.2) is 0 Å². The molecule has 0 spiro atoms. The van der Waals surface area contributed by atoms with Gasteiger partial charge in [-0.1, -0.05) is 6.92 Å². The maximum atomic E-state index is 9.70. The summed E-state index contributed by atoms with van der Waals surface area (Å²) in [5, 5.41) is 9.70. The summed E-state index contributed by atoms with van der Waals surface area (Å²) in [5.41, 5.74) is 1.82. The van der Waals surface area contributed by atoms with Crippen LogP contribution in [0.5, 0.6) is 11.5 Å². The molecule has 0 heterocycles. The van der Waals surface area contributed by atoms with Gasteiger partial charge in [-0.05, 0) is 40.9 Å². The molecule has 1 N–H and O–H groups in total. The summed E-state index contributed by atoms with van der Waals surface area (Å²) in [6.07, 6.45) is 0.272. The number of aliphatic hydroxyl groups excluding tert-OH is 1. The Balaban J connectivity index is 3.47. The minimum atomic E-state index is -0.567. The SMILES string of the molecule is CCc1cc(C(C)O)c(OC)c(Br)c1OC. The van der Waals surface area contributed by atoms with Crippen LogP contribution in [0.1, 0.15) is 31.1 Å². The van der Waals surface area contributed by atoms with E-state index in [9.17, 15) is 5.11 Å². The molecule has 1 unspecified atom stereocenters. The first-order valence-corrected chi connectivity index (χ1v) is 5.97. The lowest BCUT2D eigenvalue weighted by atomic mass is 10.0. The van der Waals surface area contributed by atoms with Gasteiger partial charge in [0.1, 0.15) is 16.0 Å².